The SMILES string of the molecule is Cn1cnnc1Sc1ncnc(N)c1[N+](=O)[O-]. The van der Waals surface area contributed by atoms with Gasteiger partial charge < -0.3 is 10.3 Å². The minimum atomic E-state index is -0.617. The van der Waals surface area contributed by atoms with E-state index in [4.69, 9.17) is 5.73 Å². The van der Waals surface area contributed by atoms with E-state index in [2.05, 4.69) is 20.2 Å². The summed E-state index contributed by atoms with van der Waals surface area (Å²) in [6, 6.07) is 0. The van der Waals surface area contributed by atoms with Crippen molar-refractivity contribution in [3.63, 3.8) is 0 Å². The molecule has 0 unspecified atom stereocenters. The predicted molar refractivity (Wildman–Crippen MR) is 58.2 cm³/mol. The van der Waals surface area contributed by atoms with Crippen molar-refractivity contribution in [2.45, 2.75) is 10.2 Å². The van der Waals surface area contributed by atoms with Crippen LogP contribution in [0.3, 0.4) is 0 Å². The molecule has 2 aromatic rings. The van der Waals surface area contributed by atoms with Crippen LogP contribution in [0, 0.1) is 10.1 Å². The van der Waals surface area contributed by atoms with Gasteiger partial charge in [0.1, 0.15) is 12.7 Å². The molecule has 0 saturated carbocycles. The minimum absolute atomic E-state index is 0.138. The lowest BCUT2D eigenvalue weighted by Gasteiger charge is -2.01. The van der Waals surface area contributed by atoms with Crippen LogP contribution in [0.5, 0.6) is 0 Å². The molecule has 0 aliphatic heterocycles. The second-order valence-corrected chi connectivity index (χ2v) is 3.95. The standard InChI is InChI=1S/C7H7N7O2S/c1-13-3-11-12-7(13)17-6-4(14(15)16)5(8)9-2-10-6/h2-3H,1H3,(H2,8,9,10). The molecular weight excluding hydrogens is 246 g/mol. The third kappa shape index (κ3) is 2.15. The third-order valence-corrected chi connectivity index (χ3v) is 2.90. The molecule has 2 N–H and O–H groups in total. The number of nitrogens with zero attached hydrogens (tertiary/aromatic N) is 6. The van der Waals surface area contributed by atoms with Gasteiger partial charge in [-0.25, -0.2) is 9.97 Å². The van der Waals surface area contributed by atoms with E-state index in [-0.39, 0.29) is 16.5 Å². The molecule has 0 aliphatic rings. The van der Waals surface area contributed by atoms with Gasteiger partial charge in [0.05, 0.1) is 4.92 Å². The Morgan fingerprint density at radius 1 is 1.53 bits per heavy atom. The average molecular weight is 253 g/mol. The summed E-state index contributed by atoms with van der Waals surface area (Å²) in [6.45, 7) is 0. The highest BCUT2D eigenvalue weighted by Crippen LogP contribution is 2.33. The van der Waals surface area contributed by atoms with Crippen LogP contribution in [0.1, 0.15) is 0 Å². The number of nitro groups is 1. The maximum Gasteiger partial charge on any atom is 0.343 e. The number of aromatic nitrogens is 5. The molecule has 0 aromatic carbocycles. The van der Waals surface area contributed by atoms with Gasteiger partial charge in [-0.2, -0.15) is 0 Å². The third-order valence-electron chi connectivity index (χ3n) is 1.86. The molecule has 0 bridgehead atoms. The van der Waals surface area contributed by atoms with Crippen LogP contribution >= 0.6 is 11.8 Å². The number of hydrogen-bond donors (Lipinski definition) is 1. The first-order valence-electron chi connectivity index (χ1n) is 4.36. The zero-order valence-corrected chi connectivity index (χ0v) is 9.46. The molecule has 0 aliphatic carbocycles. The van der Waals surface area contributed by atoms with Gasteiger partial charge in [0.15, 0.2) is 10.2 Å². The summed E-state index contributed by atoms with van der Waals surface area (Å²) < 4.78 is 1.62. The number of hydrogen-bond acceptors (Lipinski definition) is 8. The normalized spacial score (nSPS) is 10.4. The van der Waals surface area contributed by atoms with Crippen LogP contribution in [0.25, 0.3) is 0 Å². The van der Waals surface area contributed by atoms with Gasteiger partial charge in [-0.3, -0.25) is 10.1 Å². The van der Waals surface area contributed by atoms with Crippen molar-refractivity contribution in [3.8, 4) is 0 Å². The van der Waals surface area contributed by atoms with E-state index in [9.17, 15) is 10.1 Å². The molecule has 88 valence electrons. The van der Waals surface area contributed by atoms with Crippen LogP contribution in [-0.4, -0.2) is 29.7 Å². The van der Waals surface area contributed by atoms with E-state index in [1.807, 2.05) is 0 Å². The topological polar surface area (TPSA) is 126 Å². The zero-order valence-electron chi connectivity index (χ0n) is 8.64. The molecule has 0 amide bonds. The smallest absolute Gasteiger partial charge is 0.343 e. The number of nitrogens with two attached hydrogens (primary N) is 1. The fourth-order valence-corrected chi connectivity index (χ4v) is 1.90. The number of rotatable bonds is 3. The van der Waals surface area contributed by atoms with Crippen molar-refractivity contribution < 1.29 is 4.92 Å². The number of nitrogen functional groups attached to an aromatic ring is 1. The van der Waals surface area contributed by atoms with E-state index in [1.54, 1.807) is 11.6 Å². The van der Waals surface area contributed by atoms with Crippen LogP contribution in [-0.2, 0) is 7.05 Å². The molecule has 17 heavy (non-hydrogen) atoms. The molecule has 0 saturated heterocycles. The maximum atomic E-state index is 10.8. The van der Waals surface area contributed by atoms with Crippen LogP contribution in [0.2, 0.25) is 0 Å². The van der Waals surface area contributed by atoms with Crippen LogP contribution in [0.15, 0.2) is 22.8 Å². The Kier molecular flexibility index (Phi) is 2.87. The first-order valence-corrected chi connectivity index (χ1v) is 5.18. The van der Waals surface area contributed by atoms with E-state index >= 15 is 0 Å². The Morgan fingerprint density at radius 3 is 2.88 bits per heavy atom. The second kappa shape index (κ2) is 4.33. The molecule has 9 nitrogen and oxygen atoms in total. The monoisotopic (exact) mass is 253 g/mol. The van der Waals surface area contributed by atoms with Crippen molar-refractivity contribution in [1.82, 2.24) is 24.7 Å². The molecule has 0 radical (unpaired) electrons. The Bertz CT molecular complexity index is 569. The summed E-state index contributed by atoms with van der Waals surface area (Å²) in [7, 11) is 1.72. The van der Waals surface area contributed by atoms with Crippen LogP contribution in [0.4, 0.5) is 11.5 Å². The summed E-state index contributed by atoms with van der Waals surface area (Å²) >= 11 is 1.01. The molecule has 0 fully saturated rings. The first kappa shape index (κ1) is 11.3. The molecular formula is C7H7N7O2S. The summed E-state index contributed by atoms with van der Waals surface area (Å²) in [5.41, 5.74) is 5.12. The zero-order chi connectivity index (χ0) is 12.4. The van der Waals surface area contributed by atoms with Gasteiger partial charge in [0.25, 0.3) is 0 Å². The molecule has 0 spiro atoms. The Balaban J connectivity index is 2.43. The molecule has 0 atom stereocenters. The molecule has 2 rings (SSSR count). The Labute approximate surface area is 99.2 Å². The lowest BCUT2D eigenvalue weighted by molar-refractivity contribution is -0.387. The largest absolute Gasteiger partial charge is 0.378 e. The highest BCUT2D eigenvalue weighted by atomic mass is 32.2. The second-order valence-electron chi connectivity index (χ2n) is 3.00. The van der Waals surface area contributed by atoms with Crippen molar-refractivity contribution >= 4 is 23.3 Å². The van der Waals surface area contributed by atoms with Gasteiger partial charge in [0.2, 0.25) is 5.82 Å². The average Bonchev–Trinajstić information content (AvgIpc) is 2.64. The van der Waals surface area contributed by atoms with E-state index < -0.39 is 4.92 Å². The Morgan fingerprint density at radius 2 is 2.29 bits per heavy atom. The van der Waals surface area contributed by atoms with Gasteiger partial charge in [-0.05, 0) is 11.8 Å². The Hall–Kier alpha value is -2.23. The van der Waals surface area contributed by atoms with Crippen molar-refractivity contribution in [2.75, 3.05) is 5.73 Å². The highest BCUT2D eigenvalue weighted by molar-refractivity contribution is 7.99. The van der Waals surface area contributed by atoms with Crippen molar-refractivity contribution in [3.05, 3.63) is 22.8 Å². The minimum Gasteiger partial charge on any atom is -0.378 e. The van der Waals surface area contributed by atoms with Gasteiger partial charge in [-0.1, -0.05) is 0 Å². The van der Waals surface area contributed by atoms with Gasteiger partial charge >= 0.3 is 5.69 Å². The summed E-state index contributed by atoms with van der Waals surface area (Å²) in [4.78, 5) is 17.6. The van der Waals surface area contributed by atoms with Crippen molar-refractivity contribution in [1.29, 1.82) is 0 Å². The predicted octanol–water partition coefficient (Wildman–Crippen LogP) is 0.247. The van der Waals surface area contributed by atoms with Crippen molar-refractivity contribution in [2.24, 2.45) is 7.05 Å². The van der Waals surface area contributed by atoms with Crippen LogP contribution < -0.4 is 5.73 Å². The quantitative estimate of drug-likeness (QED) is 0.468. The van der Waals surface area contributed by atoms with Gasteiger partial charge in [0, 0.05) is 7.05 Å². The summed E-state index contributed by atoms with van der Waals surface area (Å²) in [6.07, 6.45) is 2.65. The lowest BCUT2D eigenvalue weighted by Crippen LogP contribution is -2.02. The fraction of sp³-hybridized carbons (Fsp3) is 0.143. The summed E-state index contributed by atoms with van der Waals surface area (Å²) in [5.74, 6) is -0.172. The van der Waals surface area contributed by atoms with E-state index in [0.717, 1.165) is 11.8 Å². The number of aryl methyl sites for hydroxylation is 1. The maximum absolute atomic E-state index is 10.8. The molecule has 10 heteroatoms. The first-order chi connectivity index (χ1) is 8.09. The summed E-state index contributed by atoms with van der Waals surface area (Å²) in [5, 5.41) is 18.9. The van der Waals surface area contributed by atoms with E-state index in [0.29, 0.717) is 5.16 Å². The number of anilines is 1. The van der Waals surface area contributed by atoms with Gasteiger partial charge in [-0.15, -0.1) is 10.2 Å². The molecule has 2 heterocycles. The molecule has 2 aromatic heterocycles. The highest BCUT2D eigenvalue weighted by Gasteiger charge is 2.22. The fourth-order valence-electron chi connectivity index (χ4n) is 1.07. The van der Waals surface area contributed by atoms with E-state index in [1.165, 1.54) is 12.7 Å². The lowest BCUT2D eigenvalue weighted by atomic mass is 10.5.